The Morgan fingerprint density at radius 2 is 2.13 bits per heavy atom. The third-order valence-corrected chi connectivity index (χ3v) is 2.18. The van der Waals surface area contributed by atoms with Crippen LogP contribution in [0.25, 0.3) is 10.4 Å². The number of methoxy groups -OCH3 is 1. The Labute approximate surface area is 88.7 Å². The van der Waals surface area contributed by atoms with E-state index in [-0.39, 0.29) is 0 Å². The van der Waals surface area contributed by atoms with Gasteiger partial charge in [0.05, 0.1) is 24.0 Å². The molecule has 0 unspecified atom stereocenters. The molecule has 1 heterocycles. The molecule has 0 radical (unpaired) electrons. The zero-order chi connectivity index (χ0) is 11.5. The standard InChI is InChI=1S/C10H14N4O/c1-7-8(15-4)5-6-9(12-7)10(2,3)13-14-11/h5-6H,1-4H3. The van der Waals surface area contributed by atoms with Crippen molar-refractivity contribution in [1.82, 2.24) is 4.98 Å². The molecule has 0 fully saturated rings. The Morgan fingerprint density at radius 1 is 1.47 bits per heavy atom. The van der Waals surface area contributed by atoms with Crippen LogP contribution in [-0.2, 0) is 5.54 Å². The van der Waals surface area contributed by atoms with Crippen LogP contribution in [0.3, 0.4) is 0 Å². The molecule has 0 saturated heterocycles. The quantitative estimate of drug-likeness (QED) is 0.433. The lowest BCUT2D eigenvalue weighted by Gasteiger charge is -2.18. The zero-order valence-electron chi connectivity index (χ0n) is 9.35. The number of azide groups is 1. The van der Waals surface area contributed by atoms with Gasteiger partial charge in [0.2, 0.25) is 0 Å². The molecule has 0 aliphatic heterocycles. The van der Waals surface area contributed by atoms with Crippen LogP contribution in [0.5, 0.6) is 5.75 Å². The van der Waals surface area contributed by atoms with Crippen molar-refractivity contribution in [2.24, 2.45) is 5.11 Å². The van der Waals surface area contributed by atoms with Crippen molar-refractivity contribution in [3.05, 3.63) is 34.0 Å². The van der Waals surface area contributed by atoms with Crippen molar-refractivity contribution in [2.75, 3.05) is 7.11 Å². The van der Waals surface area contributed by atoms with E-state index in [0.29, 0.717) is 0 Å². The molecule has 80 valence electrons. The summed E-state index contributed by atoms with van der Waals surface area (Å²) in [7, 11) is 1.60. The van der Waals surface area contributed by atoms with Crippen molar-refractivity contribution in [3.63, 3.8) is 0 Å². The van der Waals surface area contributed by atoms with Crippen LogP contribution in [0.1, 0.15) is 25.2 Å². The molecule has 1 rings (SSSR count). The van der Waals surface area contributed by atoms with E-state index in [4.69, 9.17) is 10.3 Å². The monoisotopic (exact) mass is 206 g/mol. The molecule has 0 amide bonds. The van der Waals surface area contributed by atoms with E-state index in [9.17, 15) is 0 Å². The fourth-order valence-electron chi connectivity index (χ4n) is 1.27. The number of aromatic nitrogens is 1. The Morgan fingerprint density at radius 3 is 2.60 bits per heavy atom. The second-order valence-electron chi connectivity index (χ2n) is 3.73. The molecule has 0 aliphatic carbocycles. The highest BCUT2D eigenvalue weighted by molar-refractivity contribution is 5.30. The number of hydrogen-bond acceptors (Lipinski definition) is 3. The molecular formula is C10H14N4O. The van der Waals surface area contributed by atoms with E-state index in [1.165, 1.54) is 0 Å². The van der Waals surface area contributed by atoms with E-state index >= 15 is 0 Å². The average Bonchev–Trinajstić information content (AvgIpc) is 2.17. The summed E-state index contributed by atoms with van der Waals surface area (Å²) in [6.07, 6.45) is 0. The van der Waals surface area contributed by atoms with Crippen LogP contribution in [0.2, 0.25) is 0 Å². The maximum atomic E-state index is 8.44. The summed E-state index contributed by atoms with van der Waals surface area (Å²) in [5.74, 6) is 0.732. The largest absolute Gasteiger partial charge is 0.495 e. The Balaban J connectivity index is 3.17. The van der Waals surface area contributed by atoms with Gasteiger partial charge in [0.15, 0.2) is 0 Å². The Bertz CT molecular complexity index is 408. The van der Waals surface area contributed by atoms with Gasteiger partial charge in [0.25, 0.3) is 0 Å². The molecule has 0 saturated carbocycles. The van der Waals surface area contributed by atoms with Gasteiger partial charge in [-0.2, -0.15) is 0 Å². The van der Waals surface area contributed by atoms with Gasteiger partial charge in [-0.15, -0.1) is 0 Å². The highest BCUT2D eigenvalue weighted by Gasteiger charge is 2.20. The summed E-state index contributed by atoms with van der Waals surface area (Å²) in [5.41, 5.74) is 9.33. The first kappa shape index (κ1) is 11.3. The van der Waals surface area contributed by atoms with Gasteiger partial charge in [-0.05, 0) is 38.4 Å². The van der Waals surface area contributed by atoms with Gasteiger partial charge < -0.3 is 4.74 Å². The zero-order valence-corrected chi connectivity index (χ0v) is 9.35. The van der Waals surface area contributed by atoms with Crippen LogP contribution in [0, 0.1) is 6.92 Å². The van der Waals surface area contributed by atoms with Gasteiger partial charge in [-0.1, -0.05) is 5.11 Å². The van der Waals surface area contributed by atoms with Gasteiger partial charge in [0, 0.05) is 4.91 Å². The molecule has 0 atom stereocenters. The average molecular weight is 206 g/mol. The third kappa shape index (κ3) is 2.39. The SMILES string of the molecule is COc1ccc(C(C)(C)N=[N+]=[N-])nc1C. The lowest BCUT2D eigenvalue weighted by Crippen LogP contribution is -2.15. The number of hydrogen-bond donors (Lipinski definition) is 0. The van der Waals surface area contributed by atoms with Crippen LogP contribution >= 0.6 is 0 Å². The van der Waals surface area contributed by atoms with Crippen LogP contribution in [0.15, 0.2) is 17.2 Å². The Hall–Kier alpha value is -1.74. The van der Waals surface area contributed by atoms with Crippen molar-refractivity contribution >= 4 is 0 Å². The fourth-order valence-corrected chi connectivity index (χ4v) is 1.27. The molecule has 0 bridgehead atoms. The first-order valence-corrected chi connectivity index (χ1v) is 4.59. The topological polar surface area (TPSA) is 70.9 Å². The maximum absolute atomic E-state index is 8.44. The number of rotatable bonds is 3. The lowest BCUT2D eigenvalue weighted by molar-refractivity contribution is 0.407. The predicted molar refractivity (Wildman–Crippen MR) is 57.7 cm³/mol. The second kappa shape index (κ2) is 4.19. The summed E-state index contributed by atoms with van der Waals surface area (Å²) < 4.78 is 5.11. The van der Waals surface area contributed by atoms with Gasteiger partial charge in [-0.25, -0.2) is 0 Å². The van der Waals surface area contributed by atoms with E-state index in [1.807, 2.05) is 26.8 Å². The molecule has 15 heavy (non-hydrogen) atoms. The fraction of sp³-hybridized carbons (Fsp3) is 0.500. The van der Waals surface area contributed by atoms with Crippen molar-refractivity contribution in [1.29, 1.82) is 0 Å². The van der Waals surface area contributed by atoms with E-state index in [0.717, 1.165) is 17.1 Å². The smallest absolute Gasteiger partial charge is 0.140 e. The molecule has 0 N–H and O–H groups in total. The van der Waals surface area contributed by atoms with E-state index < -0.39 is 5.54 Å². The number of aryl methyl sites for hydroxylation is 1. The maximum Gasteiger partial charge on any atom is 0.140 e. The van der Waals surface area contributed by atoms with E-state index in [2.05, 4.69) is 15.0 Å². The minimum absolute atomic E-state index is 0.633. The molecule has 1 aromatic rings. The first-order valence-electron chi connectivity index (χ1n) is 4.59. The van der Waals surface area contributed by atoms with Crippen LogP contribution in [-0.4, -0.2) is 12.1 Å². The molecular weight excluding hydrogens is 192 g/mol. The second-order valence-corrected chi connectivity index (χ2v) is 3.73. The van der Waals surface area contributed by atoms with Crippen LogP contribution < -0.4 is 4.74 Å². The number of pyridine rings is 1. The van der Waals surface area contributed by atoms with Crippen molar-refractivity contribution < 1.29 is 4.74 Å². The van der Waals surface area contributed by atoms with Crippen molar-refractivity contribution in [3.8, 4) is 5.75 Å². The molecule has 0 spiro atoms. The van der Waals surface area contributed by atoms with E-state index in [1.54, 1.807) is 13.2 Å². The van der Waals surface area contributed by atoms with Crippen molar-refractivity contribution in [2.45, 2.75) is 26.3 Å². The summed E-state index contributed by atoms with van der Waals surface area (Å²) >= 11 is 0. The summed E-state index contributed by atoms with van der Waals surface area (Å²) in [6.45, 7) is 5.50. The lowest BCUT2D eigenvalue weighted by atomic mass is 10.0. The molecule has 1 aromatic heterocycles. The minimum atomic E-state index is -0.633. The molecule has 5 heteroatoms. The van der Waals surface area contributed by atoms with Gasteiger partial charge in [-0.3, -0.25) is 4.98 Å². The van der Waals surface area contributed by atoms with Gasteiger partial charge in [0.1, 0.15) is 5.75 Å². The van der Waals surface area contributed by atoms with Gasteiger partial charge >= 0.3 is 0 Å². The number of nitrogens with zero attached hydrogens (tertiary/aromatic N) is 4. The van der Waals surface area contributed by atoms with Crippen LogP contribution in [0.4, 0.5) is 0 Å². The molecule has 0 aliphatic rings. The number of ether oxygens (including phenoxy) is 1. The summed E-state index contributed by atoms with van der Waals surface area (Å²) in [6, 6.07) is 3.63. The highest BCUT2D eigenvalue weighted by atomic mass is 16.5. The first-order chi connectivity index (χ1) is 7.01. The third-order valence-electron chi connectivity index (χ3n) is 2.18. The summed E-state index contributed by atoms with van der Waals surface area (Å²) in [4.78, 5) is 7.15. The summed E-state index contributed by atoms with van der Waals surface area (Å²) in [5, 5.41) is 3.70. The minimum Gasteiger partial charge on any atom is -0.495 e. The molecule has 5 nitrogen and oxygen atoms in total. The highest BCUT2D eigenvalue weighted by Crippen LogP contribution is 2.26. The molecule has 0 aromatic carbocycles. The Kier molecular flexibility index (Phi) is 3.17. The normalized spacial score (nSPS) is 10.7. The predicted octanol–water partition coefficient (Wildman–Crippen LogP) is 2.94.